The Morgan fingerprint density at radius 3 is 2.52 bits per heavy atom. The van der Waals surface area contributed by atoms with E-state index in [1.807, 2.05) is 0 Å². The summed E-state index contributed by atoms with van der Waals surface area (Å²) in [6.45, 7) is 10.3. The number of hydrogen-bond donors (Lipinski definition) is 0. The predicted molar refractivity (Wildman–Crippen MR) is 102 cm³/mol. The Labute approximate surface area is 141 Å². The second-order valence-corrected chi connectivity index (χ2v) is 7.19. The maximum atomic E-state index is 2.57. The Morgan fingerprint density at radius 2 is 1.78 bits per heavy atom. The van der Waals surface area contributed by atoms with Gasteiger partial charge in [-0.05, 0) is 35.7 Å². The van der Waals surface area contributed by atoms with Crippen molar-refractivity contribution in [3.8, 4) is 0 Å². The summed E-state index contributed by atoms with van der Waals surface area (Å²) in [6.07, 6.45) is 7.55. The quantitative estimate of drug-likeness (QED) is 0.576. The number of nitrogens with zero attached hydrogens (tertiary/aromatic N) is 1. The van der Waals surface area contributed by atoms with E-state index in [1.165, 1.54) is 53.4 Å². The molecule has 0 bridgehead atoms. The van der Waals surface area contributed by atoms with E-state index in [-0.39, 0.29) is 5.41 Å². The van der Waals surface area contributed by atoms with Crippen molar-refractivity contribution < 1.29 is 0 Å². The zero-order chi connectivity index (χ0) is 16.4. The van der Waals surface area contributed by atoms with Gasteiger partial charge in [0.25, 0.3) is 0 Å². The first kappa shape index (κ1) is 16.1. The molecule has 0 saturated heterocycles. The third-order valence-corrected chi connectivity index (χ3v) is 5.26. The van der Waals surface area contributed by atoms with E-state index in [1.54, 1.807) is 0 Å². The van der Waals surface area contributed by atoms with Gasteiger partial charge in [-0.15, -0.1) is 0 Å². The average molecular weight is 307 g/mol. The van der Waals surface area contributed by atoms with Gasteiger partial charge in [0, 0.05) is 23.3 Å². The first-order valence-electron chi connectivity index (χ1n) is 9.07. The molecule has 23 heavy (non-hydrogen) atoms. The normalized spacial score (nSPS) is 17.9. The van der Waals surface area contributed by atoms with Crippen molar-refractivity contribution >= 4 is 16.5 Å². The van der Waals surface area contributed by atoms with Crippen LogP contribution < -0.4 is 4.90 Å². The van der Waals surface area contributed by atoms with E-state index in [2.05, 4.69) is 75.1 Å². The highest BCUT2D eigenvalue weighted by atomic mass is 15.2. The van der Waals surface area contributed by atoms with Gasteiger partial charge in [-0.25, -0.2) is 0 Å². The summed E-state index contributed by atoms with van der Waals surface area (Å²) in [5.74, 6) is 0. The molecule has 1 aliphatic heterocycles. The SMILES string of the molecule is C/C=C1/N(CCCCCC)c2ccc3ccccc3c2C1(C)C. The Morgan fingerprint density at radius 1 is 1.00 bits per heavy atom. The summed E-state index contributed by atoms with van der Waals surface area (Å²) >= 11 is 0. The van der Waals surface area contributed by atoms with Crippen molar-refractivity contribution in [1.82, 2.24) is 0 Å². The highest BCUT2D eigenvalue weighted by Gasteiger charge is 2.40. The number of allylic oxidation sites excluding steroid dienone is 2. The number of rotatable bonds is 5. The monoisotopic (exact) mass is 307 g/mol. The zero-order valence-corrected chi connectivity index (χ0v) is 15.0. The topological polar surface area (TPSA) is 3.24 Å². The largest absolute Gasteiger partial charge is 0.344 e. The van der Waals surface area contributed by atoms with E-state index in [0.717, 1.165) is 6.54 Å². The number of unbranched alkanes of at least 4 members (excludes halogenated alkanes) is 3. The van der Waals surface area contributed by atoms with E-state index in [9.17, 15) is 0 Å². The minimum atomic E-state index is 0.0791. The molecule has 122 valence electrons. The Balaban J connectivity index is 2.06. The van der Waals surface area contributed by atoms with Gasteiger partial charge in [0.2, 0.25) is 0 Å². The predicted octanol–water partition coefficient (Wildman–Crippen LogP) is 6.42. The third kappa shape index (κ3) is 2.67. The van der Waals surface area contributed by atoms with E-state index in [4.69, 9.17) is 0 Å². The molecule has 1 aliphatic rings. The number of hydrogen-bond acceptors (Lipinski definition) is 1. The first-order chi connectivity index (χ1) is 11.1. The van der Waals surface area contributed by atoms with Crippen LogP contribution in [0.1, 0.15) is 58.9 Å². The van der Waals surface area contributed by atoms with Gasteiger partial charge in [-0.2, -0.15) is 0 Å². The summed E-state index contributed by atoms with van der Waals surface area (Å²) in [5, 5.41) is 2.76. The molecule has 1 nitrogen and oxygen atoms in total. The van der Waals surface area contributed by atoms with Gasteiger partial charge in [0.05, 0.1) is 0 Å². The molecule has 0 aromatic heterocycles. The number of benzene rings is 2. The molecule has 2 aromatic carbocycles. The Hall–Kier alpha value is -1.76. The fourth-order valence-electron chi connectivity index (χ4n) is 4.19. The zero-order valence-electron chi connectivity index (χ0n) is 15.0. The van der Waals surface area contributed by atoms with Crippen LogP contribution in [0.3, 0.4) is 0 Å². The summed E-state index contributed by atoms with van der Waals surface area (Å²) in [5.41, 5.74) is 4.45. The molecule has 0 amide bonds. The van der Waals surface area contributed by atoms with Crippen molar-refractivity contribution in [2.45, 2.75) is 58.8 Å². The molecule has 2 aromatic rings. The van der Waals surface area contributed by atoms with Crippen molar-refractivity contribution in [3.05, 3.63) is 53.7 Å². The van der Waals surface area contributed by atoms with Crippen molar-refractivity contribution in [2.75, 3.05) is 11.4 Å². The molecule has 0 saturated carbocycles. The van der Waals surface area contributed by atoms with Crippen LogP contribution in [0.25, 0.3) is 10.8 Å². The molecular formula is C22H29N. The fraction of sp³-hybridized carbons (Fsp3) is 0.455. The van der Waals surface area contributed by atoms with Crippen molar-refractivity contribution in [2.24, 2.45) is 0 Å². The highest BCUT2D eigenvalue weighted by Crippen LogP contribution is 2.50. The molecule has 0 fully saturated rings. The van der Waals surface area contributed by atoms with Crippen LogP contribution in [0.5, 0.6) is 0 Å². The van der Waals surface area contributed by atoms with E-state index < -0.39 is 0 Å². The highest BCUT2D eigenvalue weighted by molar-refractivity contribution is 5.94. The molecule has 1 heteroatoms. The lowest BCUT2D eigenvalue weighted by molar-refractivity contribution is 0.613. The Bertz CT molecular complexity index is 724. The molecule has 0 N–H and O–H groups in total. The number of fused-ring (bicyclic) bond motifs is 3. The van der Waals surface area contributed by atoms with Crippen molar-refractivity contribution in [3.63, 3.8) is 0 Å². The second kappa shape index (κ2) is 6.39. The van der Waals surface area contributed by atoms with Crippen LogP contribution in [0.4, 0.5) is 5.69 Å². The molecule has 0 aliphatic carbocycles. The van der Waals surface area contributed by atoms with Gasteiger partial charge in [-0.1, -0.05) is 76.4 Å². The van der Waals surface area contributed by atoms with Gasteiger partial charge < -0.3 is 4.90 Å². The van der Waals surface area contributed by atoms with E-state index >= 15 is 0 Å². The lowest BCUT2D eigenvalue weighted by Gasteiger charge is -2.27. The average Bonchev–Trinajstić information content (AvgIpc) is 2.78. The first-order valence-corrected chi connectivity index (χ1v) is 9.07. The standard InChI is InChI=1S/C22H29N/c1-5-7-8-11-16-23-19-15-14-17-12-9-10-13-18(17)21(19)22(3,4)20(23)6-2/h6,9-10,12-15H,5,7-8,11,16H2,1-4H3/b20-6+. The van der Waals surface area contributed by atoms with Crippen LogP contribution >= 0.6 is 0 Å². The van der Waals surface area contributed by atoms with Gasteiger partial charge >= 0.3 is 0 Å². The van der Waals surface area contributed by atoms with Crippen molar-refractivity contribution in [1.29, 1.82) is 0 Å². The van der Waals surface area contributed by atoms with Gasteiger partial charge in [0.15, 0.2) is 0 Å². The molecular weight excluding hydrogens is 278 g/mol. The van der Waals surface area contributed by atoms with E-state index in [0.29, 0.717) is 0 Å². The summed E-state index contributed by atoms with van der Waals surface area (Å²) < 4.78 is 0. The number of anilines is 1. The van der Waals surface area contributed by atoms with Crippen LogP contribution in [-0.4, -0.2) is 6.54 Å². The lowest BCUT2D eigenvalue weighted by atomic mass is 9.81. The van der Waals surface area contributed by atoms with Gasteiger partial charge in [-0.3, -0.25) is 0 Å². The van der Waals surface area contributed by atoms with Gasteiger partial charge in [0.1, 0.15) is 0 Å². The molecule has 0 atom stereocenters. The molecule has 0 radical (unpaired) electrons. The van der Waals surface area contributed by atoms with Crippen LogP contribution in [0.15, 0.2) is 48.2 Å². The maximum Gasteiger partial charge on any atom is 0.0456 e. The van der Waals surface area contributed by atoms with Crippen LogP contribution in [0.2, 0.25) is 0 Å². The lowest BCUT2D eigenvalue weighted by Crippen LogP contribution is -2.26. The van der Waals surface area contributed by atoms with Crippen LogP contribution in [-0.2, 0) is 5.41 Å². The molecule has 0 spiro atoms. The summed E-state index contributed by atoms with van der Waals surface area (Å²) in [7, 11) is 0. The molecule has 3 rings (SSSR count). The second-order valence-electron chi connectivity index (χ2n) is 7.19. The Kier molecular flexibility index (Phi) is 4.48. The van der Waals surface area contributed by atoms with Crippen LogP contribution in [0, 0.1) is 0 Å². The molecule has 0 unspecified atom stereocenters. The summed E-state index contributed by atoms with van der Waals surface area (Å²) in [4.78, 5) is 2.57. The third-order valence-electron chi connectivity index (χ3n) is 5.26. The minimum Gasteiger partial charge on any atom is -0.344 e. The fourth-order valence-corrected chi connectivity index (χ4v) is 4.19. The molecule has 1 heterocycles. The maximum absolute atomic E-state index is 2.57. The minimum absolute atomic E-state index is 0.0791. The smallest absolute Gasteiger partial charge is 0.0456 e. The summed E-state index contributed by atoms with van der Waals surface area (Å²) in [6, 6.07) is 13.4.